The summed E-state index contributed by atoms with van der Waals surface area (Å²) in [7, 11) is -4.24. The molecular weight excluding hydrogens is 312 g/mol. The molecule has 0 aliphatic carbocycles. The van der Waals surface area contributed by atoms with Gasteiger partial charge in [-0.15, -0.1) is 21.6 Å². The van der Waals surface area contributed by atoms with E-state index in [0.29, 0.717) is 24.0 Å². The molecule has 0 saturated carbocycles. The predicted octanol–water partition coefficient (Wildman–Crippen LogP) is 3.85. The zero-order valence-electron chi connectivity index (χ0n) is 12.6. The molecule has 2 rings (SSSR count). The molecule has 5 heteroatoms. The van der Waals surface area contributed by atoms with E-state index in [1.54, 1.807) is 60.7 Å². The Labute approximate surface area is 137 Å². The van der Waals surface area contributed by atoms with Crippen molar-refractivity contribution in [2.75, 3.05) is 0 Å². The highest BCUT2D eigenvalue weighted by molar-refractivity contribution is 7.82. The largest absolute Gasteiger partial charge is 0.501 e. The molecular formula is C18H18O4S. The van der Waals surface area contributed by atoms with Crippen molar-refractivity contribution in [2.45, 2.75) is 12.8 Å². The minimum absolute atomic E-state index is 0.230. The Balaban J connectivity index is 2.24. The molecule has 0 spiro atoms. The molecule has 0 aromatic heterocycles. The summed E-state index contributed by atoms with van der Waals surface area (Å²) in [6, 6.07) is 13.7. The normalized spacial score (nSPS) is 10.8. The summed E-state index contributed by atoms with van der Waals surface area (Å²) in [4.78, 5) is 0. The second-order valence-electron chi connectivity index (χ2n) is 4.78. The van der Waals surface area contributed by atoms with Gasteiger partial charge in [0.25, 0.3) is 0 Å². The summed E-state index contributed by atoms with van der Waals surface area (Å²) in [6.07, 6.45) is 4.35. The molecule has 0 atom stereocenters. The Morgan fingerprint density at radius 3 is 1.57 bits per heavy atom. The lowest BCUT2D eigenvalue weighted by Gasteiger charge is -2.12. The Kier molecular flexibility index (Phi) is 5.60. The average Bonchev–Trinajstić information content (AvgIpc) is 2.51. The summed E-state index contributed by atoms with van der Waals surface area (Å²) in [6.45, 7) is 7.30. The molecule has 0 aliphatic heterocycles. The van der Waals surface area contributed by atoms with Crippen LogP contribution in [0.25, 0.3) is 0 Å². The molecule has 0 bridgehead atoms. The number of rotatable bonds is 8. The second-order valence-corrected chi connectivity index (χ2v) is 5.93. The van der Waals surface area contributed by atoms with E-state index in [1.165, 1.54) is 0 Å². The second kappa shape index (κ2) is 7.65. The predicted molar refractivity (Wildman–Crippen MR) is 90.9 cm³/mol. The number of benzene rings is 2. The van der Waals surface area contributed by atoms with Crippen LogP contribution in [0.15, 0.2) is 73.8 Å². The maximum Gasteiger partial charge on any atom is 0.501 e. The molecule has 2 aromatic rings. The van der Waals surface area contributed by atoms with Crippen molar-refractivity contribution in [1.29, 1.82) is 0 Å². The maximum absolute atomic E-state index is 12.2. The van der Waals surface area contributed by atoms with Crippen LogP contribution >= 0.6 is 0 Å². The quantitative estimate of drug-likeness (QED) is 0.690. The van der Waals surface area contributed by atoms with Crippen LogP contribution in [0, 0.1) is 0 Å². The number of para-hydroxylation sites is 2. The first-order chi connectivity index (χ1) is 11.1. The molecule has 0 unspecified atom stereocenters. The Hall–Kier alpha value is -2.53. The van der Waals surface area contributed by atoms with E-state index in [1.807, 2.05) is 0 Å². The van der Waals surface area contributed by atoms with Gasteiger partial charge >= 0.3 is 10.4 Å². The first-order valence-electron chi connectivity index (χ1n) is 7.07. The Morgan fingerprint density at radius 1 is 0.783 bits per heavy atom. The van der Waals surface area contributed by atoms with E-state index in [4.69, 9.17) is 8.37 Å². The van der Waals surface area contributed by atoms with E-state index in [9.17, 15) is 8.42 Å². The van der Waals surface area contributed by atoms with Gasteiger partial charge in [0.05, 0.1) is 0 Å². The lowest BCUT2D eigenvalue weighted by Crippen LogP contribution is -2.18. The SMILES string of the molecule is C=CCc1ccccc1OS(=O)(=O)Oc1ccccc1CC=C. The number of hydrogen-bond donors (Lipinski definition) is 0. The van der Waals surface area contributed by atoms with Crippen LogP contribution in [0.1, 0.15) is 11.1 Å². The van der Waals surface area contributed by atoms with Gasteiger partial charge < -0.3 is 8.37 Å². The molecule has 2 aromatic carbocycles. The zero-order chi connectivity index (χ0) is 16.7. The molecule has 4 nitrogen and oxygen atoms in total. The van der Waals surface area contributed by atoms with Crippen LogP contribution in [-0.4, -0.2) is 8.42 Å². The minimum Gasteiger partial charge on any atom is -0.353 e. The summed E-state index contributed by atoms with van der Waals surface area (Å²) < 4.78 is 34.6. The molecule has 0 aliphatic rings. The summed E-state index contributed by atoms with van der Waals surface area (Å²) in [5, 5.41) is 0. The average molecular weight is 330 g/mol. The fourth-order valence-electron chi connectivity index (χ4n) is 2.06. The van der Waals surface area contributed by atoms with Crippen molar-refractivity contribution in [3.05, 3.63) is 85.0 Å². The smallest absolute Gasteiger partial charge is 0.353 e. The number of hydrogen-bond acceptors (Lipinski definition) is 4. The molecule has 0 fully saturated rings. The van der Waals surface area contributed by atoms with Gasteiger partial charge in [0.2, 0.25) is 0 Å². The van der Waals surface area contributed by atoms with Crippen LogP contribution in [0.4, 0.5) is 0 Å². The van der Waals surface area contributed by atoms with Gasteiger partial charge in [0.1, 0.15) is 11.5 Å². The van der Waals surface area contributed by atoms with Crippen molar-refractivity contribution < 1.29 is 16.8 Å². The highest BCUT2D eigenvalue weighted by Gasteiger charge is 2.19. The van der Waals surface area contributed by atoms with E-state index >= 15 is 0 Å². The van der Waals surface area contributed by atoms with Crippen molar-refractivity contribution in [3.63, 3.8) is 0 Å². The molecule has 0 N–H and O–H groups in total. The van der Waals surface area contributed by atoms with Crippen molar-refractivity contribution in [1.82, 2.24) is 0 Å². The fourth-order valence-corrected chi connectivity index (χ4v) is 2.85. The standard InChI is InChI=1S/C18H18O4S/c1-3-9-15-11-5-7-13-17(15)21-23(19,20)22-18-14-8-6-12-16(18)10-4-2/h3-8,11-14H,1-2,9-10H2. The summed E-state index contributed by atoms with van der Waals surface area (Å²) in [5.41, 5.74) is 1.43. The summed E-state index contributed by atoms with van der Waals surface area (Å²) >= 11 is 0. The van der Waals surface area contributed by atoms with Gasteiger partial charge in [-0.25, -0.2) is 0 Å². The molecule has 23 heavy (non-hydrogen) atoms. The van der Waals surface area contributed by atoms with Crippen LogP contribution < -0.4 is 8.37 Å². The van der Waals surface area contributed by atoms with E-state index in [2.05, 4.69) is 13.2 Å². The zero-order valence-corrected chi connectivity index (χ0v) is 13.5. The fraction of sp³-hybridized carbons (Fsp3) is 0.111. The van der Waals surface area contributed by atoms with Crippen molar-refractivity contribution >= 4 is 10.4 Å². The third-order valence-electron chi connectivity index (χ3n) is 3.06. The molecule has 120 valence electrons. The highest BCUT2D eigenvalue weighted by Crippen LogP contribution is 2.24. The first kappa shape index (κ1) is 16.8. The first-order valence-corrected chi connectivity index (χ1v) is 8.40. The van der Waals surface area contributed by atoms with Gasteiger partial charge in [-0.1, -0.05) is 48.6 Å². The third kappa shape index (κ3) is 4.72. The van der Waals surface area contributed by atoms with Crippen LogP contribution in [0.2, 0.25) is 0 Å². The van der Waals surface area contributed by atoms with Crippen LogP contribution in [-0.2, 0) is 23.2 Å². The van der Waals surface area contributed by atoms with Gasteiger partial charge in [-0.2, -0.15) is 0 Å². The molecule has 0 amide bonds. The van der Waals surface area contributed by atoms with E-state index in [0.717, 1.165) is 0 Å². The minimum atomic E-state index is -4.24. The Morgan fingerprint density at radius 2 is 1.17 bits per heavy atom. The van der Waals surface area contributed by atoms with Gasteiger partial charge in [0, 0.05) is 0 Å². The van der Waals surface area contributed by atoms with Gasteiger partial charge in [0.15, 0.2) is 0 Å². The molecule has 0 heterocycles. The summed E-state index contributed by atoms with van der Waals surface area (Å²) in [5.74, 6) is 0.460. The number of allylic oxidation sites excluding steroid dienone is 2. The lowest BCUT2D eigenvalue weighted by atomic mass is 10.1. The van der Waals surface area contributed by atoms with Crippen molar-refractivity contribution in [3.8, 4) is 11.5 Å². The molecule has 0 radical (unpaired) electrons. The topological polar surface area (TPSA) is 52.6 Å². The van der Waals surface area contributed by atoms with Crippen LogP contribution in [0.3, 0.4) is 0 Å². The molecule has 0 saturated heterocycles. The van der Waals surface area contributed by atoms with Gasteiger partial charge in [-0.05, 0) is 36.1 Å². The van der Waals surface area contributed by atoms with E-state index < -0.39 is 10.4 Å². The highest BCUT2D eigenvalue weighted by atomic mass is 32.3. The van der Waals surface area contributed by atoms with E-state index in [-0.39, 0.29) is 11.5 Å². The lowest BCUT2D eigenvalue weighted by molar-refractivity contribution is 0.390. The van der Waals surface area contributed by atoms with Crippen molar-refractivity contribution in [2.24, 2.45) is 0 Å². The van der Waals surface area contributed by atoms with Crippen LogP contribution in [0.5, 0.6) is 11.5 Å². The van der Waals surface area contributed by atoms with Gasteiger partial charge in [-0.3, -0.25) is 0 Å². The third-order valence-corrected chi connectivity index (χ3v) is 3.82. The Bertz CT molecular complexity index is 733. The maximum atomic E-state index is 12.2. The monoisotopic (exact) mass is 330 g/mol.